The molecule has 0 atom stereocenters. The van der Waals surface area contributed by atoms with Crippen molar-refractivity contribution in [3.8, 4) is 0 Å². The lowest BCUT2D eigenvalue weighted by molar-refractivity contribution is -0.118. The Hall–Kier alpha value is -3.16. The van der Waals surface area contributed by atoms with Gasteiger partial charge < -0.3 is 15.5 Å². The largest absolute Gasteiger partial charge is 0.448 e. The summed E-state index contributed by atoms with van der Waals surface area (Å²) in [6.07, 6.45) is 2.83. The fourth-order valence-corrected chi connectivity index (χ4v) is 2.29. The van der Waals surface area contributed by atoms with Crippen LogP contribution >= 0.6 is 0 Å². The predicted molar refractivity (Wildman–Crippen MR) is 80.3 cm³/mol. The highest BCUT2D eigenvalue weighted by Crippen LogP contribution is 2.27. The van der Waals surface area contributed by atoms with Crippen LogP contribution in [0.4, 0.5) is 10.1 Å². The SMILES string of the molecule is Cc1c(C(=O)Nc2cnn(CC(N)=O)c2)oc2c(F)cccc12. The van der Waals surface area contributed by atoms with Gasteiger partial charge in [0.15, 0.2) is 17.2 Å². The Morgan fingerprint density at radius 3 is 2.91 bits per heavy atom. The van der Waals surface area contributed by atoms with Gasteiger partial charge in [0.25, 0.3) is 5.91 Å². The standard InChI is InChI=1S/C15H13FN4O3/c1-8-10-3-2-4-11(16)14(10)23-13(8)15(22)19-9-5-18-20(6-9)7-12(17)21/h2-6H,7H2,1H3,(H2,17,21)(H,19,22). The van der Waals surface area contributed by atoms with Crippen LogP contribution in [0.3, 0.4) is 0 Å². The minimum Gasteiger partial charge on any atom is -0.448 e. The van der Waals surface area contributed by atoms with Crippen LogP contribution in [0.15, 0.2) is 35.0 Å². The number of carbonyl (C=O) groups excluding carboxylic acids is 2. The van der Waals surface area contributed by atoms with Gasteiger partial charge in [-0.3, -0.25) is 14.3 Å². The van der Waals surface area contributed by atoms with Crippen molar-refractivity contribution in [1.29, 1.82) is 0 Å². The zero-order valence-corrected chi connectivity index (χ0v) is 12.2. The van der Waals surface area contributed by atoms with E-state index in [1.54, 1.807) is 19.1 Å². The molecule has 0 aliphatic heterocycles. The average Bonchev–Trinajstić information content (AvgIpc) is 3.04. The molecule has 8 heteroatoms. The van der Waals surface area contributed by atoms with Gasteiger partial charge >= 0.3 is 0 Å². The lowest BCUT2D eigenvalue weighted by Gasteiger charge is -2.00. The zero-order chi connectivity index (χ0) is 16.6. The molecule has 1 aromatic carbocycles. The first-order valence-electron chi connectivity index (χ1n) is 6.75. The molecule has 0 aliphatic rings. The summed E-state index contributed by atoms with van der Waals surface area (Å²) in [6, 6.07) is 4.50. The first-order valence-corrected chi connectivity index (χ1v) is 6.75. The van der Waals surface area contributed by atoms with Crippen LogP contribution in [-0.2, 0) is 11.3 Å². The van der Waals surface area contributed by atoms with E-state index in [0.29, 0.717) is 16.6 Å². The van der Waals surface area contributed by atoms with Crippen molar-refractivity contribution in [2.75, 3.05) is 5.32 Å². The van der Waals surface area contributed by atoms with Crippen LogP contribution in [-0.4, -0.2) is 21.6 Å². The Balaban J connectivity index is 1.86. The summed E-state index contributed by atoms with van der Waals surface area (Å²) in [5.41, 5.74) is 6.02. The number of aromatic nitrogens is 2. The van der Waals surface area contributed by atoms with Crippen molar-refractivity contribution >= 4 is 28.5 Å². The summed E-state index contributed by atoms with van der Waals surface area (Å²) in [4.78, 5) is 23.1. The number of furan rings is 1. The molecule has 0 saturated carbocycles. The fraction of sp³-hybridized carbons (Fsp3) is 0.133. The van der Waals surface area contributed by atoms with Gasteiger partial charge in [0.1, 0.15) is 6.54 Å². The van der Waals surface area contributed by atoms with E-state index in [9.17, 15) is 14.0 Å². The summed E-state index contributed by atoms with van der Waals surface area (Å²) >= 11 is 0. The molecule has 3 aromatic rings. The number of nitrogens with one attached hydrogen (secondary N) is 1. The quantitative estimate of drug-likeness (QED) is 0.766. The summed E-state index contributed by atoms with van der Waals surface area (Å²) < 4.78 is 20.4. The first kappa shape index (κ1) is 14.8. The molecule has 0 spiro atoms. The molecule has 3 N–H and O–H groups in total. The zero-order valence-electron chi connectivity index (χ0n) is 12.2. The second-order valence-electron chi connectivity index (χ2n) is 5.02. The molecule has 23 heavy (non-hydrogen) atoms. The third-order valence-electron chi connectivity index (χ3n) is 3.33. The monoisotopic (exact) mass is 316 g/mol. The number of carbonyl (C=O) groups is 2. The van der Waals surface area contributed by atoms with Crippen molar-refractivity contribution in [3.63, 3.8) is 0 Å². The van der Waals surface area contributed by atoms with Crippen LogP contribution in [0, 0.1) is 12.7 Å². The van der Waals surface area contributed by atoms with Crippen molar-refractivity contribution in [2.24, 2.45) is 5.73 Å². The lowest BCUT2D eigenvalue weighted by Crippen LogP contribution is -2.18. The van der Waals surface area contributed by atoms with E-state index < -0.39 is 17.6 Å². The maximum Gasteiger partial charge on any atom is 0.291 e. The topological polar surface area (TPSA) is 103 Å². The Morgan fingerprint density at radius 2 is 2.22 bits per heavy atom. The van der Waals surface area contributed by atoms with Crippen LogP contribution < -0.4 is 11.1 Å². The average molecular weight is 316 g/mol. The van der Waals surface area contributed by atoms with E-state index >= 15 is 0 Å². The first-order chi connectivity index (χ1) is 11.0. The molecule has 0 saturated heterocycles. The van der Waals surface area contributed by atoms with E-state index in [0.717, 1.165) is 0 Å². The fourth-order valence-electron chi connectivity index (χ4n) is 2.29. The van der Waals surface area contributed by atoms with Gasteiger partial charge in [-0.2, -0.15) is 5.10 Å². The van der Waals surface area contributed by atoms with Crippen LogP contribution in [0.5, 0.6) is 0 Å². The number of halogens is 1. The number of nitrogens with two attached hydrogens (primary N) is 1. The number of para-hydroxylation sites is 1. The van der Waals surface area contributed by atoms with Gasteiger partial charge in [0.2, 0.25) is 5.91 Å². The van der Waals surface area contributed by atoms with E-state index in [-0.39, 0.29) is 17.9 Å². The maximum atomic E-state index is 13.7. The van der Waals surface area contributed by atoms with Crippen LogP contribution in [0.1, 0.15) is 16.1 Å². The number of benzene rings is 1. The number of hydrogen-bond acceptors (Lipinski definition) is 4. The number of amides is 2. The van der Waals surface area contributed by atoms with Crippen LogP contribution in [0.2, 0.25) is 0 Å². The molecular formula is C15H13FN4O3. The molecular weight excluding hydrogens is 303 g/mol. The molecule has 118 valence electrons. The molecule has 7 nitrogen and oxygen atoms in total. The minimum absolute atomic E-state index is 0.0211. The number of fused-ring (bicyclic) bond motifs is 1. The molecule has 2 heterocycles. The van der Waals surface area contributed by atoms with E-state index in [1.807, 2.05) is 0 Å². The molecule has 2 aromatic heterocycles. The Morgan fingerprint density at radius 1 is 1.43 bits per heavy atom. The maximum absolute atomic E-state index is 13.7. The normalized spacial score (nSPS) is 10.9. The third kappa shape index (κ3) is 2.78. The summed E-state index contributed by atoms with van der Waals surface area (Å²) in [5, 5.41) is 7.02. The van der Waals surface area contributed by atoms with Gasteiger partial charge in [-0.15, -0.1) is 0 Å². The van der Waals surface area contributed by atoms with E-state index in [4.69, 9.17) is 10.2 Å². The number of rotatable bonds is 4. The number of nitrogens with zero attached hydrogens (tertiary/aromatic N) is 2. The van der Waals surface area contributed by atoms with Crippen molar-refractivity contribution in [3.05, 3.63) is 47.7 Å². The highest BCUT2D eigenvalue weighted by Gasteiger charge is 2.20. The van der Waals surface area contributed by atoms with E-state index in [1.165, 1.54) is 23.1 Å². The van der Waals surface area contributed by atoms with Gasteiger partial charge in [-0.25, -0.2) is 4.39 Å². The Labute approximate surface area is 129 Å². The van der Waals surface area contributed by atoms with Crippen molar-refractivity contribution < 1.29 is 18.4 Å². The molecule has 0 fully saturated rings. The molecule has 3 rings (SSSR count). The van der Waals surface area contributed by atoms with Gasteiger partial charge in [0.05, 0.1) is 11.9 Å². The highest BCUT2D eigenvalue weighted by atomic mass is 19.1. The molecule has 0 aliphatic carbocycles. The summed E-state index contributed by atoms with van der Waals surface area (Å²) in [7, 11) is 0. The second kappa shape index (κ2) is 5.56. The number of primary amides is 1. The molecule has 0 unspecified atom stereocenters. The number of anilines is 1. The smallest absolute Gasteiger partial charge is 0.291 e. The van der Waals surface area contributed by atoms with Crippen LogP contribution in [0.25, 0.3) is 11.0 Å². The number of aryl methyl sites for hydroxylation is 1. The molecule has 0 radical (unpaired) electrons. The molecule has 2 amide bonds. The number of hydrogen-bond donors (Lipinski definition) is 2. The van der Waals surface area contributed by atoms with Crippen molar-refractivity contribution in [2.45, 2.75) is 13.5 Å². The summed E-state index contributed by atoms with van der Waals surface area (Å²) in [5.74, 6) is -1.59. The Kier molecular flexibility index (Phi) is 3.57. The van der Waals surface area contributed by atoms with Gasteiger partial charge in [-0.1, -0.05) is 12.1 Å². The molecule has 0 bridgehead atoms. The summed E-state index contributed by atoms with van der Waals surface area (Å²) in [6.45, 7) is 1.58. The van der Waals surface area contributed by atoms with Crippen molar-refractivity contribution in [1.82, 2.24) is 9.78 Å². The van der Waals surface area contributed by atoms with E-state index in [2.05, 4.69) is 10.4 Å². The third-order valence-corrected chi connectivity index (χ3v) is 3.33. The highest BCUT2D eigenvalue weighted by molar-refractivity contribution is 6.06. The predicted octanol–water partition coefficient (Wildman–Crippen LogP) is 1.81. The second-order valence-corrected chi connectivity index (χ2v) is 5.02. The Bertz CT molecular complexity index is 913. The minimum atomic E-state index is -0.547. The lowest BCUT2D eigenvalue weighted by atomic mass is 10.1. The van der Waals surface area contributed by atoms with Gasteiger partial charge in [-0.05, 0) is 13.0 Å². The van der Waals surface area contributed by atoms with Gasteiger partial charge in [0, 0.05) is 17.1 Å².